The largest absolute Gasteiger partial charge is 0.478 e. The van der Waals surface area contributed by atoms with E-state index >= 15 is 0 Å². The van der Waals surface area contributed by atoms with Crippen LogP contribution in [0.25, 0.3) is 0 Å². The summed E-state index contributed by atoms with van der Waals surface area (Å²) in [6.07, 6.45) is 1.11. The molecule has 0 aliphatic rings. The molecule has 0 fully saturated rings. The van der Waals surface area contributed by atoms with E-state index in [4.69, 9.17) is 28.3 Å². The molecule has 0 spiro atoms. The summed E-state index contributed by atoms with van der Waals surface area (Å²) in [7, 11) is 0. The highest BCUT2D eigenvalue weighted by Gasteiger charge is 2.12. The molecule has 0 radical (unpaired) electrons. The van der Waals surface area contributed by atoms with Crippen molar-refractivity contribution in [2.24, 2.45) is 0 Å². The molecule has 0 aliphatic carbocycles. The van der Waals surface area contributed by atoms with E-state index in [1.54, 1.807) is 19.1 Å². The van der Waals surface area contributed by atoms with Crippen molar-refractivity contribution < 1.29 is 14.7 Å². The molecule has 1 amide bonds. The summed E-state index contributed by atoms with van der Waals surface area (Å²) in [6, 6.07) is 5.81. The SMILES string of the molecule is Cc1cc(Cl)c(NC(=O)c2ccc(C(=O)O)cn2)cc1Cl. The summed E-state index contributed by atoms with van der Waals surface area (Å²) in [5.41, 5.74) is 1.24. The van der Waals surface area contributed by atoms with Crippen molar-refractivity contribution in [2.75, 3.05) is 5.32 Å². The summed E-state index contributed by atoms with van der Waals surface area (Å²) in [5.74, 6) is -1.61. The molecule has 7 heteroatoms. The van der Waals surface area contributed by atoms with E-state index in [1.807, 2.05) is 0 Å². The van der Waals surface area contributed by atoms with Crippen LogP contribution in [0.2, 0.25) is 10.0 Å². The van der Waals surface area contributed by atoms with E-state index in [2.05, 4.69) is 10.3 Å². The average Bonchev–Trinajstić information content (AvgIpc) is 2.44. The third-order valence-corrected chi connectivity index (χ3v) is 3.46. The number of nitrogens with one attached hydrogen (secondary N) is 1. The molecule has 0 saturated heterocycles. The van der Waals surface area contributed by atoms with Crippen LogP contribution in [0, 0.1) is 6.92 Å². The minimum Gasteiger partial charge on any atom is -0.478 e. The molecular formula is C14H10Cl2N2O3. The highest BCUT2D eigenvalue weighted by atomic mass is 35.5. The predicted molar refractivity (Wildman–Crippen MR) is 80.3 cm³/mol. The van der Waals surface area contributed by atoms with Gasteiger partial charge in [-0.15, -0.1) is 0 Å². The number of hydrogen-bond donors (Lipinski definition) is 2. The van der Waals surface area contributed by atoms with Crippen LogP contribution < -0.4 is 5.32 Å². The zero-order valence-corrected chi connectivity index (χ0v) is 12.4. The second-order valence-electron chi connectivity index (χ2n) is 4.27. The van der Waals surface area contributed by atoms with Crippen molar-refractivity contribution in [1.82, 2.24) is 4.98 Å². The zero-order chi connectivity index (χ0) is 15.6. The number of amides is 1. The van der Waals surface area contributed by atoms with Gasteiger partial charge in [-0.25, -0.2) is 4.79 Å². The Morgan fingerprint density at radius 3 is 2.48 bits per heavy atom. The lowest BCUT2D eigenvalue weighted by Crippen LogP contribution is -2.14. The van der Waals surface area contributed by atoms with Crippen LogP contribution in [0.15, 0.2) is 30.5 Å². The first-order valence-electron chi connectivity index (χ1n) is 5.85. The van der Waals surface area contributed by atoms with Gasteiger partial charge in [0.2, 0.25) is 0 Å². The number of rotatable bonds is 3. The first-order chi connectivity index (χ1) is 9.88. The molecule has 1 heterocycles. The normalized spacial score (nSPS) is 10.2. The molecule has 0 saturated carbocycles. The van der Waals surface area contributed by atoms with E-state index in [-0.39, 0.29) is 11.3 Å². The highest BCUT2D eigenvalue weighted by Crippen LogP contribution is 2.29. The summed E-state index contributed by atoms with van der Waals surface area (Å²) < 4.78 is 0. The average molecular weight is 325 g/mol. The quantitative estimate of drug-likeness (QED) is 0.903. The van der Waals surface area contributed by atoms with Crippen LogP contribution >= 0.6 is 23.2 Å². The molecule has 0 atom stereocenters. The molecular weight excluding hydrogens is 315 g/mol. The Bertz CT molecular complexity index is 715. The first-order valence-corrected chi connectivity index (χ1v) is 6.60. The van der Waals surface area contributed by atoms with Crippen LogP contribution in [0.5, 0.6) is 0 Å². The molecule has 0 aliphatic heterocycles. The number of nitrogens with zero attached hydrogens (tertiary/aromatic N) is 1. The molecule has 5 nitrogen and oxygen atoms in total. The number of aryl methyl sites for hydroxylation is 1. The maximum Gasteiger partial charge on any atom is 0.337 e. The molecule has 2 rings (SSSR count). The van der Waals surface area contributed by atoms with Crippen LogP contribution in [-0.2, 0) is 0 Å². The van der Waals surface area contributed by atoms with Crippen molar-refractivity contribution >= 4 is 40.8 Å². The Balaban J connectivity index is 2.22. The van der Waals surface area contributed by atoms with Crippen molar-refractivity contribution in [3.05, 3.63) is 57.3 Å². The van der Waals surface area contributed by atoms with Gasteiger partial charge in [0.05, 0.1) is 16.3 Å². The minimum absolute atomic E-state index is 0.00274. The van der Waals surface area contributed by atoms with E-state index in [0.29, 0.717) is 15.7 Å². The minimum atomic E-state index is -1.11. The second-order valence-corrected chi connectivity index (χ2v) is 5.09. The number of halogens is 2. The fourth-order valence-corrected chi connectivity index (χ4v) is 2.01. The van der Waals surface area contributed by atoms with Gasteiger partial charge in [0, 0.05) is 11.2 Å². The van der Waals surface area contributed by atoms with Gasteiger partial charge in [-0.1, -0.05) is 23.2 Å². The number of carboxylic acid groups (broad SMARTS) is 1. The predicted octanol–water partition coefficient (Wildman–Crippen LogP) is 3.65. The summed E-state index contributed by atoms with van der Waals surface area (Å²) in [6.45, 7) is 1.80. The molecule has 21 heavy (non-hydrogen) atoms. The lowest BCUT2D eigenvalue weighted by molar-refractivity contribution is 0.0696. The van der Waals surface area contributed by atoms with Gasteiger partial charge in [-0.3, -0.25) is 9.78 Å². The fourth-order valence-electron chi connectivity index (χ4n) is 1.58. The van der Waals surface area contributed by atoms with Gasteiger partial charge < -0.3 is 10.4 Å². The van der Waals surface area contributed by atoms with E-state index in [9.17, 15) is 9.59 Å². The number of benzene rings is 1. The van der Waals surface area contributed by atoms with Crippen LogP contribution in [0.4, 0.5) is 5.69 Å². The summed E-state index contributed by atoms with van der Waals surface area (Å²) in [4.78, 5) is 26.5. The third-order valence-electron chi connectivity index (χ3n) is 2.74. The standard InChI is InChI=1S/C14H10Cl2N2O3/c1-7-4-10(16)12(5-9(7)15)18-13(19)11-3-2-8(6-17-11)14(20)21/h2-6H,1H3,(H,18,19)(H,20,21). The van der Waals surface area contributed by atoms with E-state index < -0.39 is 11.9 Å². The molecule has 108 valence electrons. The maximum atomic E-state index is 12.0. The third kappa shape index (κ3) is 3.51. The van der Waals surface area contributed by atoms with Crippen molar-refractivity contribution in [1.29, 1.82) is 0 Å². The monoisotopic (exact) mass is 324 g/mol. The Kier molecular flexibility index (Phi) is 4.45. The van der Waals surface area contributed by atoms with Crippen molar-refractivity contribution in [3.8, 4) is 0 Å². The zero-order valence-electron chi connectivity index (χ0n) is 10.9. The number of aromatic carboxylic acids is 1. The molecule has 1 aromatic heterocycles. The number of carbonyl (C=O) groups is 2. The van der Waals surface area contributed by atoms with Crippen molar-refractivity contribution in [2.45, 2.75) is 6.92 Å². The van der Waals surface area contributed by atoms with Gasteiger partial charge in [0.1, 0.15) is 5.69 Å². The van der Waals surface area contributed by atoms with Crippen LogP contribution in [-0.4, -0.2) is 22.0 Å². The maximum absolute atomic E-state index is 12.0. The Labute approximate surface area is 130 Å². The molecule has 2 N–H and O–H groups in total. The lowest BCUT2D eigenvalue weighted by Gasteiger charge is -2.09. The van der Waals surface area contributed by atoms with Gasteiger partial charge >= 0.3 is 5.97 Å². The van der Waals surface area contributed by atoms with Crippen LogP contribution in [0.1, 0.15) is 26.4 Å². The summed E-state index contributed by atoms with van der Waals surface area (Å²) >= 11 is 12.0. The number of hydrogen-bond acceptors (Lipinski definition) is 3. The first kappa shape index (κ1) is 15.3. The molecule has 2 aromatic rings. The molecule has 0 unspecified atom stereocenters. The second kappa shape index (κ2) is 6.11. The van der Waals surface area contributed by atoms with Crippen molar-refractivity contribution in [3.63, 3.8) is 0 Å². The number of anilines is 1. The number of carboxylic acids is 1. The number of carbonyl (C=O) groups excluding carboxylic acids is 1. The van der Waals surface area contributed by atoms with E-state index in [0.717, 1.165) is 11.8 Å². The Morgan fingerprint density at radius 2 is 1.90 bits per heavy atom. The van der Waals surface area contributed by atoms with Gasteiger partial charge in [-0.05, 0) is 36.8 Å². The van der Waals surface area contributed by atoms with Gasteiger partial charge in [0.25, 0.3) is 5.91 Å². The highest BCUT2D eigenvalue weighted by molar-refractivity contribution is 6.36. The van der Waals surface area contributed by atoms with E-state index in [1.165, 1.54) is 12.1 Å². The smallest absolute Gasteiger partial charge is 0.337 e. The fraction of sp³-hybridized carbons (Fsp3) is 0.0714. The Morgan fingerprint density at radius 1 is 1.19 bits per heavy atom. The van der Waals surface area contributed by atoms with Gasteiger partial charge in [0.15, 0.2) is 0 Å². The van der Waals surface area contributed by atoms with Crippen LogP contribution in [0.3, 0.4) is 0 Å². The number of aromatic nitrogens is 1. The number of pyridine rings is 1. The summed E-state index contributed by atoms with van der Waals surface area (Å²) in [5, 5.41) is 12.2. The Hall–Kier alpha value is -2.11. The topological polar surface area (TPSA) is 79.3 Å². The molecule has 1 aromatic carbocycles. The molecule has 0 bridgehead atoms. The van der Waals surface area contributed by atoms with Gasteiger partial charge in [-0.2, -0.15) is 0 Å². The lowest BCUT2D eigenvalue weighted by atomic mass is 10.2.